The molecule has 2 aromatic carbocycles. The lowest BCUT2D eigenvalue weighted by molar-refractivity contribution is -0.118. The second-order valence-corrected chi connectivity index (χ2v) is 7.47. The summed E-state index contributed by atoms with van der Waals surface area (Å²) in [4.78, 5) is 24.3. The van der Waals surface area contributed by atoms with E-state index >= 15 is 0 Å². The Morgan fingerprint density at radius 2 is 1.55 bits per heavy atom. The number of carbonyl (C=O) groups is 2. The highest BCUT2D eigenvalue weighted by Gasteiger charge is 2.09. The standard InChI is InChI=1S/C24H32N2O3/c1-4-5-6-7-8-16-29-22-14-12-19(13-15-22)24(28)26-21-11-9-10-20(17-21)25-23(27)18(2)3/h9-15,17-18H,4-8,16H2,1-3H3,(H,25,27)(H,26,28). The Kier molecular flexibility index (Phi) is 9.22. The lowest BCUT2D eigenvalue weighted by Crippen LogP contribution is -2.18. The SMILES string of the molecule is CCCCCCCOc1ccc(C(=O)Nc2cccc(NC(=O)C(C)C)c2)cc1. The van der Waals surface area contributed by atoms with E-state index in [-0.39, 0.29) is 17.7 Å². The van der Waals surface area contributed by atoms with Crippen molar-refractivity contribution in [2.24, 2.45) is 5.92 Å². The van der Waals surface area contributed by atoms with E-state index < -0.39 is 0 Å². The largest absolute Gasteiger partial charge is 0.494 e. The summed E-state index contributed by atoms with van der Waals surface area (Å²) in [5, 5.41) is 5.69. The van der Waals surface area contributed by atoms with E-state index in [1.807, 2.05) is 26.0 Å². The third-order valence-electron chi connectivity index (χ3n) is 4.55. The normalized spacial score (nSPS) is 10.6. The molecule has 0 saturated carbocycles. The summed E-state index contributed by atoms with van der Waals surface area (Å²) in [7, 11) is 0. The minimum Gasteiger partial charge on any atom is -0.494 e. The van der Waals surface area contributed by atoms with Crippen molar-refractivity contribution in [1.82, 2.24) is 0 Å². The zero-order chi connectivity index (χ0) is 21.1. The molecule has 2 rings (SSSR count). The average Bonchev–Trinajstić information content (AvgIpc) is 2.71. The lowest BCUT2D eigenvalue weighted by Gasteiger charge is -2.11. The summed E-state index contributed by atoms with van der Waals surface area (Å²) in [6, 6.07) is 14.3. The molecule has 2 N–H and O–H groups in total. The molecule has 29 heavy (non-hydrogen) atoms. The predicted molar refractivity (Wildman–Crippen MR) is 119 cm³/mol. The molecule has 0 saturated heterocycles. The van der Waals surface area contributed by atoms with Gasteiger partial charge in [0, 0.05) is 22.9 Å². The van der Waals surface area contributed by atoms with Crippen LogP contribution in [0.3, 0.4) is 0 Å². The van der Waals surface area contributed by atoms with E-state index in [1.165, 1.54) is 25.7 Å². The molecule has 2 aromatic rings. The summed E-state index contributed by atoms with van der Waals surface area (Å²) in [6.45, 7) is 6.57. The highest BCUT2D eigenvalue weighted by molar-refractivity contribution is 6.04. The van der Waals surface area contributed by atoms with E-state index in [0.717, 1.165) is 12.2 Å². The van der Waals surface area contributed by atoms with Crippen molar-refractivity contribution in [2.45, 2.75) is 52.9 Å². The maximum atomic E-state index is 12.5. The molecular weight excluding hydrogens is 364 g/mol. The maximum Gasteiger partial charge on any atom is 0.255 e. The molecule has 0 bridgehead atoms. The van der Waals surface area contributed by atoms with Gasteiger partial charge in [0.2, 0.25) is 5.91 Å². The third-order valence-corrected chi connectivity index (χ3v) is 4.55. The number of nitrogens with one attached hydrogen (secondary N) is 2. The third kappa shape index (κ3) is 7.98. The topological polar surface area (TPSA) is 67.4 Å². The number of ether oxygens (including phenoxy) is 1. The molecule has 0 heterocycles. The fourth-order valence-electron chi connectivity index (χ4n) is 2.76. The highest BCUT2D eigenvalue weighted by Crippen LogP contribution is 2.18. The Morgan fingerprint density at radius 1 is 0.897 bits per heavy atom. The van der Waals surface area contributed by atoms with Crippen molar-refractivity contribution in [2.75, 3.05) is 17.2 Å². The van der Waals surface area contributed by atoms with E-state index in [0.29, 0.717) is 23.5 Å². The number of anilines is 2. The molecule has 0 aliphatic heterocycles. The van der Waals surface area contributed by atoms with Crippen LogP contribution in [0.4, 0.5) is 11.4 Å². The number of hydrogen-bond donors (Lipinski definition) is 2. The molecule has 5 nitrogen and oxygen atoms in total. The van der Waals surface area contributed by atoms with Gasteiger partial charge in [-0.25, -0.2) is 0 Å². The van der Waals surface area contributed by atoms with Crippen LogP contribution < -0.4 is 15.4 Å². The molecule has 0 aliphatic rings. The number of amides is 2. The van der Waals surface area contributed by atoms with Gasteiger partial charge >= 0.3 is 0 Å². The van der Waals surface area contributed by atoms with Crippen molar-refractivity contribution in [3.63, 3.8) is 0 Å². The van der Waals surface area contributed by atoms with Crippen LogP contribution in [0.2, 0.25) is 0 Å². The average molecular weight is 397 g/mol. The van der Waals surface area contributed by atoms with Crippen LogP contribution in [0.15, 0.2) is 48.5 Å². The Hall–Kier alpha value is -2.82. The van der Waals surface area contributed by atoms with Gasteiger partial charge in [-0.3, -0.25) is 9.59 Å². The van der Waals surface area contributed by atoms with E-state index in [2.05, 4.69) is 17.6 Å². The molecule has 0 aromatic heterocycles. The van der Waals surface area contributed by atoms with E-state index in [1.54, 1.807) is 36.4 Å². The van der Waals surface area contributed by atoms with Crippen molar-refractivity contribution in [3.8, 4) is 5.75 Å². The summed E-state index contributed by atoms with van der Waals surface area (Å²) >= 11 is 0. The summed E-state index contributed by atoms with van der Waals surface area (Å²) in [5.41, 5.74) is 1.84. The number of carbonyl (C=O) groups excluding carboxylic acids is 2. The van der Waals surface area contributed by atoms with Gasteiger partial charge in [0.05, 0.1) is 6.61 Å². The number of benzene rings is 2. The fraction of sp³-hybridized carbons (Fsp3) is 0.417. The van der Waals surface area contributed by atoms with Crippen molar-refractivity contribution < 1.29 is 14.3 Å². The van der Waals surface area contributed by atoms with Crippen molar-refractivity contribution in [1.29, 1.82) is 0 Å². The summed E-state index contributed by atoms with van der Waals surface area (Å²) in [6.07, 6.45) is 6.00. The minimum atomic E-state index is -0.205. The molecule has 156 valence electrons. The van der Waals surface area contributed by atoms with Crippen molar-refractivity contribution in [3.05, 3.63) is 54.1 Å². The molecule has 2 amide bonds. The second-order valence-electron chi connectivity index (χ2n) is 7.47. The monoisotopic (exact) mass is 396 g/mol. The molecule has 0 unspecified atom stereocenters. The molecule has 0 aliphatic carbocycles. The lowest BCUT2D eigenvalue weighted by atomic mass is 10.1. The van der Waals surface area contributed by atoms with Gasteiger partial charge < -0.3 is 15.4 Å². The van der Waals surface area contributed by atoms with Crippen LogP contribution in [-0.4, -0.2) is 18.4 Å². The highest BCUT2D eigenvalue weighted by atomic mass is 16.5. The summed E-state index contributed by atoms with van der Waals surface area (Å²) in [5.74, 6) is 0.402. The first-order chi connectivity index (χ1) is 14.0. The molecule has 5 heteroatoms. The zero-order valence-corrected chi connectivity index (χ0v) is 17.7. The zero-order valence-electron chi connectivity index (χ0n) is 17.7. The van der Waals surface area contributed by atoms with Gasteiger partial charge in [0.25, 0.3) is 5.91 Å². The Labute approximate surface area is 173 Å². The van der Waals surface area contributed by atoms with Gasteiger partial charge in [-0.05, 0) is 48.9 Å². The van der Waals surface area contributed by atoms with Crippen LogP contribution in [0.5, 0.6) is 5.75 Å². The summed E-state index contributed by atoms with van der Waals surface area (Å²) < 4.78 is 5.74. The van der Waals surface area contributed by atoms with Crippen LogP contribution >= 0.6 is 0 Å². The van der Waals surface area contributed by atoms with Crippen LogP contribution in [-0.2, 0) is 4.79 Å². The second kappa shape index (κ2) is 11.9. The van der Waals surface area contributed by atoms with Crippen molar-refractivity contribution >= 4 is 23.2 Å². The Morgan fingerprint density at radius 3 is 2.21 bits per heavy atom. The molecule has 0 atom stereocenters. The molecular formula is C24H32N2O3. The Bertz CT molecular complexity index is 785. The smallest absolute Gasteiger partial charge is 0.255 e. The van der Waals surface area contributed by atoms with Crippen LogP contribution in [0, 0.1) is 5.92 Å². The van der Waals surface area contributed by atoms with Gasteiger partial charge in [-0.15, -0.1) is 0 Å². The first kappa shape index (κ1) is 22.5. The van der Waals surface area contributed by atoms with Gasteiger partial charge in [0.15, 0.2) is 0 Å². The molecule has 0 spiro atoms. The quantitative estimate of drug-likeness (QED) is 0.466. The molecule has 0 radical (unpaired) electrons. The fourth-order valence-corrected chi connectivity index (χ4v) is 2.76. The maximum absolute atomic E-state index is 12.5. The van der Waals surface area contributed by atoms with Crippen LogP contribution in [0.25, 0.3) is 0 Å². The van der Waals surface area contributed by atoms with Crippen LogP contribution in [0.1, 0.15) is 63.2 Å². The van der Waals surface area contributed by atoms with Gasteiger partial charge in [-0.1, -0.05) is 52.5 Å². The van der Waals surface area contributed by atoms with Gasteiger partial charge in [0.1, 0.15) is 5.75 Å². The number of rotatable bonds is 11. The first-order valence-corrected chi connectivity index (χ1v) is 10.4. The Balaban J connectivity index is 1.85. The van der Waals surface area contributed by atoms with Gasteiger partial charge in [-0.2, -0.15) is 0 Å². The number of unbranched alkanes of at least 4 members (excludes halogenated alkanes) is 4. The predicted octanol–water partition coefficient (Wildman–Crippen LogP) is 5.88. The van der Waals surface area contributed by atoms with E-state index in [4.69, 9.17) is 4.74 Å². The molecule has 0 fully saturated rings. The number of hydrogen-bond acceptors (Lipinski definition) is 3. The minimum absolute atomic E-state index is 0.0607. The van der Waals surface area contributed by atoms with E-state index in [9.17, 15) is 9.59 Å². The first-order valence-electron chi connectivity index (χ1n) is 10.4.